The lowest BCUT2D eigenvalue weighted by atomic mass is 10.2. The van der Waals surface area contributed by atoms with Crippen LogP contribution < -0.4 is 4.74 Å². The Labute approximate surface area is 129 Å². The molecule has 0 aliphatic rings. The topological polar surface area (TPSA) is 69.7 Å². The van der Waals surface area contributed by atoms with Gasteiger partial charge in [0.05, 0.1) is 11.5 Å². The molecule has 0 aliphatic carbocycles. The van der Waals surface area contributed by atoms with E-state index in [9.17, 15) is 13.2 Å². The van der Waals surface area contributed by atoms with Gasteiger partial charge in [-0.25, -0.2) is 0 Å². The monoisotopic (exact) mass is 320 g/mol. The average molecular weight is 320 g/mol. The quantitative estimate of drug-likeness (QED) is 0.481. The first-order chi connectivity index (χ1) is 10.4. The van der Waals surface area contributed by atoms with E-state index in [1.165, 1.54) is 19.1 Å². The summed E-state index contributed by atoms with van der Waals surface area (Å²) < 4.78 is 34.0. The van der Waals surface area contributed by atoms with Gasteiger partial charge in [0.1, 0.15) is 5.75 Å². The Morgan fingerprint density at radius 1 is 1.00 bits per heavy atom. The molecule has 0 aliphatic heterocycles. The predicted molar refractivity (Wildman–Crippen MR) is 80.9 cm³/mol. The van der Waals surface area contributed by atoms with Gasteiger partial charge in [0.15, 0.2) is 0 Å². The van der Waals surface area contributed by atoms with Crippen LogP contribution in [0.5, 0.6) is 5.75 Å². The van der Waals surface area contributed by atoms with Gasteiger partial charge in [-0.3, -0.25) is 8.98 Å². The summed E-state index contributed by atoms with van der Waals surface area (Å²) in [7, 11) is -3.79. The molecule has 0 heterocycles. The number of benzene rings is 2. The summed E-state index contributed by atoms with van der Waals surface area (Å²) in [6.45, 7) is 3.10. The van der Waals surface area contributed by atoms with E-state index in [1.54, 1.807) is 36.4 Å². The van der Waals surface area contributed by atoms with E-state index in [1.807, 2.05) is 6.92 Å². The zero-order valence-electron chi connectivity index (χ0n) is 12.3. The average Bonchev–Trinajstić information content (AvgIpc) is 2.46. The van der Waals surface area contributed by atoms with Crippen molar-refractivity contribution in [1.82, 2.24) is 0 Å². The molecule has 0 amide bonds. The highest BCUT2D eigenvalue weighted by molar-refractivity contribution is 7.86. The van der Waals surface area contributed by atoms with Gasteiger partial charge in [-0.2, -0.15) is 8.42 Å². The van der Waals surface area contributed by atoms with Crippen molar-refractivity contribution >= 4 is 16.1 Å². The minimum Gasteiger partial charge on any atom is -0.427 e. The maximum absolute atomic E-state index is 12.0. The second kappa shape index (κ2) is 6.72. The van der Waals surface area contributed by atoms with Gasteiger partial charge in [0, 0.05) is 6.92 Å². The molecule has 0 N–H and O–H groups in total. The molecule has 2 aromatic rings. The number of carbonyl (C=O) groups excluding carboxylic acids is 1. The zero-order chi connectivity index (χ0) is 16.2. The molecule has 0 bridgehead atoms. The number of carbonyl (C=O) groups is 1. The van der Waals surface area contributed by atoms with Crippen LogP contribution in [0.2, 0.25) is 0 Å². The minimum atomic E-state index is -3.79. The first-order valence-electron chi connectivity index (χ1n) is 6.60. The lowest BCUT2D eigenvalue weighted by Gasteiger charge is -2.07. The molecular formula is C16H16O5S. The molecule has 2 aromatic carbocycles. The Morgan fingerprint density at radius 3 is 2.14 bits per heavy atom. The van der Waals surface area contributed by atoms with Crippen molar-refractivity contribution in [3.05, 3.63) is 59.7 Å². The van der Waals surface area contributed by atoms with Crippen molar-refractivity contribution < 1.29 is 22.1 Å². The highest BCUT2D eigenvalue weighted by atomic mass is 32.2. The largest absolute Gasteiger partial charge is 0.427 e. The molecule has 0 atom stereocenters. The SMILES string of the molecule is CC(=O)Oc1ccc(COS(=O)(=O)c2ccc(C)cc2)cc1. The minimum absolute atomic E-state index is 0.0867. The van der Waals surface area contributed by atoms with E-state index in [4.69, 9.17) is 8.92 Å². The molecule has 5 nitrogen and oxygen atoms in total. The lowest BCUT2D eigenvalue weighted by Crippen LogP contribution is -2.06. The van der Waals surface area contributed by atoms with Crippen LogP contribution in [0, 0.1) is 6.92 Å². The summed E-state index contributed by atoms with van der Waals surface area (Å²) in [6.07, 6.45) is 0. The fourth-order valence-electron chi connectivity index (χ4n) is 1.74. The fourth-order valence-corrected chi connectivity index (χ4v) is 2.64. The number of aryl methyl sites for hydroxylation is 1. The van der Waals surface area contributed by atoms with Crippen molar-refractivity contribution in [2.75, 3.05) is 0 Å². The molecule has 2 rings (SSSR count). The van der Waals surface area contributed by atoms with Crippen molar-refractivity contribution in [3.63, 3.8) is 0 Å². The predicted octanol–water partition coefficient (Wildman–Crippen LogP) is 2.83. The van der Waals surface area contributed by atoms with E-state index < -0.39 is 16.1 Å². The van der Waals surface area contributed by atoms with Crippen LogP contribution in [-0.2, 0) is 25.7 Å². The van der Waals surface area contributed by atoms with Crippen LogP contribution in [-0.4, -0.2) is 14.4 Å². The fraction of sp³-hybridized carbons (Fsp3) is 0.188. The Balaban J connectivity index is 2.02. The highest BCUT2D eigenvalue weighted by Crippen LogP contribution is 2.17. The van der Waals surface area contributed by atoms with Crippen LogP contribution in [0.25, 0.3) is 0 Å². The summed E-state index contributed by atoms with van der Waals surface area (Å²) in [5.41, 5.74) is 1.63. The van der Waals surface area contributed by atoms with Crippen molar-refractivity contribution in [2.24, 2.45) is 0 Å². The number of rotatable bonds is 5. The number of esters is 1. The molecule has 0 aromatic heterocycles. The molecule has 22 heavy (non-hydrogen) atoms. The lowest BCUT2D eigenvalue weighted by molar-refractivity contribution is -0.131. The molecule has 0 unspecified atom stereocenters. The van der Waals surface area contributed by atoms with Gasteiger partial charge < -0.3 is 4.74 Å². The number of hydrogen-bond acceptors (Lipinski definition) is 5. The van der Waals surface area contributed by atoms with Crippen LogP contribution in [0.3, 0.4) is 0 Å². The van der Waals surface area contributed by atoms with E-state index >= 15 is 0 Å². The van der Waals surface area contributed by atoms with Gasteiger partial charge in [0.2, 0.25) is 0 Å². The number of hydrogen-bond donors (Lipinski definition) is 0. The van der Waals surface area contributed by atoms with E-state index in [-0.39, 0.29) is 11.5 Å². The first-order valence-corrected chi connectivity index (χ1v) is 8.01. The molecule has 0 fully saturated rings. The van der Waals surface area contributed by atoms with Crippen LogP contribution in [0.1, 0.15) is 18.1 Å². The molecule has 0 spiro atoms. The third kappa shape index (κ3) is 4.41. The first kappa shape index (κ1) is 16.2. The summed E-state index contributed by atoms with van der Waals surface area (Å²) in [5.74, 6) is -0.0106. The van der Waals surface area contributed by atoms with E-state index in [2.05, 4.69) is 0 Å². The van der Waals surface area contributed by atoms with E-state index in [0.29, 0.717) is 11.3 Å². The zero-order valence-corrected chi connectivity index (χ0v) is 13.1. The molecule has 0 saturated carbocycles. The van der Waals surface area contributed by atoms with Crippen molar-refractivity contribution in [1.29, 1.82) is 0 Å². The highest BCUT2D eigenvalue weighted by Gasteiger charge is 2.14. The Hall–Kier alpha value is -2.18. The van der Waals surface area contributed by atoms with Crippen LogP contribution in [0.4, 0.5) is 0 Å². The third-order valence-corrected chi connectivity index (χ3v) is 4.15. The summed E-state index contributed by atoms with van der Waals surface area (Å²) in [5, 5.41) is 0. The smallest absolute Gasteiger partial charge is 0.308 e. The molecule has 0 radical (unpaired) electrons. The Bertz CT molecular complexity index is 746. The summed E-state index contributed by atoms with van der Waals surface area (Å²) in [4.78, 5) is 10.9. The standard InChI is InChI=1S/C16H16O5S/c1-12-3-9-16(10-4-12)22(18,19)20-11-14-5-7-15(8-6-14)21-13(2)17/h3-10H,11H2,1-2H3. The summed E-state index contributed by atoms with van der Waals surface area (Å²) in [6, 6.07) is 12.9. The van der Waals surface area contributed by atoms with Gasteiger partial charge in [-0.1, -0.05) is 29.8 Å². The van der Waals surface area contributed by atoms with E-state index in [0.717, 1.165) is 5.56 Å². The molecule has 6 heteroatoms. The Kier molecular flexibility index (Phi) is 4.95. The molecular weight excluding hydrogens is 304 g/mol. The summed E-state index contributed by atoms with van der Waals surface area (Å²) >= 11 is 0. The Morgan fingerprint density at radius 2 is 1.59 bits per heavy atom. The number of ether oxygens (including phenoxy) is 1. The van der Waals surface area contributed by atoms with Crippen LogP contribution >= 0.6 is 0 Å². The molecule has 0 saturated heterocycles. The van der Waals surface area contributed by atoms with Gasteiger partial charge in [0.25, 0.3) is 10.1 Å². The maximum Gasteiger partial charge on any atom is 0.308 e. The van der Waals surface area contributed by atoms with Gasteiger partial charge in [-0.15, -0.1) is 0 Å². The van der Waals surface area contributed by atoms with Crippen molar-refractivity contribution in [2.45, 2.75) is 25.3 Å². The second-order valence-electron chi connectivity index (χ2n) is 4.77. The second-order valence-corrected chi connectivity index (χ2v) is 6.38. The molecule has 116 valence electrons. The maximum atomic E-state index is 12.0. The van der Waals surface area contributed by atoms with Crippen molar-refractivity contribution in [3.8, 4) is 5.75 Å². The van der Waals surface area contributed by atoms with Gasteiger partial charge >= 0.3 is 5.97 Å². The normalized spacial score (nSPS) is 11.2. The van der Waals surface area contributed by atoms with Crippen LogP contribution in [0.15, 0.2) is 53.4 Å². The van der Waals surface area contributed by atoms with Gasteiger partial charge in [-0.05, 0) is 36.8 Å². The third-order valence-electron chi connectivity index (χ3n) is 2.88.